The number of aromatic nitrogens is 1. The molecule has 0 aliphatic carbocycles. The highest BCUT2D eigenvalue weighted by atomic mass is 15.2. The first-order valence-corrected chi connectivity index (χ1v) is 8.25. The van der Waals surface area contributed by atoms with Crippen LogP contribution in [0, 0.1) is 0 Å². The van der Waals surface area contributed by atoms with Gasteiger partial charge in [0.25, 0.3) is 0 Å². The van der Waals surface area contributed by atoms with Gasteiger partial charge < -0.3 is 4.90 Å². The van der Waals surface area contributed by atoms with E-state index in [0.717, 1.165) is 13.1 Å². The molecule has 20 heavy (non-hydrogen) atoms. The van der Waals surface area contributed by atoms with Crippen molar-refractivity contribution in [3.05, 3.63) is 23.9 Å². The molecule has 1 aromatic rings. The van der Waals surface area contributed by atoms with Crippen LogP contribution in [-0.2, 0) is 0 Å². The predicted molar refractivity (Wildman–Crippen MR) is 86.3 cm³/mol. The van der Waals surface area contributed by atoms with Gasteiger partial charge in [0.15, 0.2) is 0 Å². The Balaban J connectivity index is 2.29. The maximum atomic E-state index is 4.69. The van der Waals surface area contributed by atoms with Crippen molar-refractivity contribution in [2.45, 2.75) is 52.5 Å². The van der Waals surface area contributed by atoms with Crippen LogP contribution in [0.5, 0.6) is 0 Å². The monoisotopic (exact) mass is 275 g/mol. The van der Waals surface area contributed by atoms with Gasteiger partial charge in [-0.05, 0) is 52.3 Å². The van der Waals surface area contributed by atoms with Gasteiger partial charge >= 0.3 is 0 Å². The number of piperidine rings is 1. The number of hydrogen-bond acceptors (Lipinski definition) is 3. The lowest BCUT2D eigenvalue weighted by Crippen LogP contribution is -2.35. The molecule has 1 aliphatic heterocycles. The van der Waals surface area contributed by atoms with Crippen LogP contribution in [0.3, 0.4) is 0 Å². The predicted octanol–water partition coefficient (Wildman–Crippen LogP) is 3.86. The van der Waals surface area contributed by atoms with E-state index in [0.29, 0.717) is 6.04 Å². The van der Waals surface area contributed by atoms with E-state index in [-0.39, 0.29) is 0 Å². The van der Waals surface area contributed by atoms with Crippen LogP contribution in [0.2, 0.25) is 0 Å². The molecule has 1 aromatic heterocycles. The van der Waals surface area contributed by atoms with Gasteiger partial charge in [-0.3, -0.25) is 4.90 Å². The van der Waals surface area contributed by atoms with Crippen molar-refractivity contribution in [3.8, 4) is 0 Å². The molecule has 1 saturated heterocycles. The van der Waals surface area contributed by atoms with E-state index in [9.17, 15) is 0 Å². The lowest BCUT2D eigenvalue weighted by molar-refractivity contribution is 0.149. The zero-order valence-corrected chi connectivity index (χ0v) is 13.3. The molecule has 0 spiro atoms. The largest absolute Gasteiger partial charge is 0.357 e. The molecule has 0 saturated carbocycles. The smallest absolute Gasteiger partial charge is 0.133 e. The lowest BCUT2D eigenvalue weighted by atomic mass is 9.95. The van der Waals surface area contributed by atoms with Gasteiger partial charge in [0.1, 0.15) is 5.82 Å². The highest BCUT2D eigenvalue weighted by molar-refractivity contribution is 5.48. The maximum absolute atomic E-state index is 4.69. The minimum atomic E-state index is 0.563. The molecule has 0 N–H and O–H groups in total. The van der Waals surface area contributed by atoms with Crippen molar-refractivity contribution in [2.24, 2.45) is 0 Å². The summed E-state index contributed by atoms with van der Waals surface area (Å²) in [6, 6.07) is 4.95. The summed E-state index contributed by atoms with van der Waals surface area (Å²) < 4.78 is 0. The summed E-state index contributed by atoms with van der Waals surface area (Å²) in [5, 5.41) is 0. The van der Waals surface area contributed by atoms with E-state index in [1.54, 1.807) is 0 Å². The Morgan fingerprint density at radius 1 is 1.25 bits per heavy atom. The van der Waals surface area contributed by atoms with Crippen molar-refractivity contribution < 1.29 is 0 Å². The highest BCUT2D eigenvalue weighted by Gasteiger charge is 2.26. The van der Waals surface area contributed by atoms with Gasteiger partial charge in [0, 0.05) is 30.9 Å². The summed E-state index contributed by atoms with van der Waals surface area (Å²) in [5.41, 5.74) is 1.43. The third-order valence-electron chi connectivity index (χ3n) is 4.36. The number of hydrogen-bond donors (Lipinski definition) is 0. The Hall–Kier alpha value is -1.09. The quantitative estimate of drug-likeness (QED) is 0.786. The van der Waals surface area contributed by atoms with Gasteiger partial charge in [-0.1, -0.05) is 19.4 Å². The molecule has 3 nitrogen and oxygen atoms in total. The maximum Gasteiger partial charge on any atom is 0.133 e. The van der Waals surface area contributed by atoms with E-state index in [1.807, 2.05) is 6.20 Å². The zero-order valence-electron chi connectivity index (χ0n) is 13.3. The van der Waals surface area contributed by atoms with Crippen LogP contribution in [0.15, 0.2) is 18.3 Å². The van der Waals surface area contributed by atoms with Crippen LogP contribution in [0.4, 0.5) is 5.82 Å². The van der Waals surface area contributed by atoms with Crippen molar-refractivity contribution in [2.75, 3.05) is 31.1 Å². The van der Waals surface area contributed by atoms with E-state index >= 15 is 0 Å². The lowest BCUT2D eigenvalue weighted by Gasteiger charge is -2.37. The van der Waals surface area contributed by atoms with Crippen molar-refractivity contribution in [1.82, 2.24) is 9.88 Å². The Labute approximate surface area is 124 Å². The Morgan fingerprint density at radius 2 is 2.05 bits per heavy atom. The molecule has 1 atom stereocenters. The summed E-state index contributed by atoms with van der Waals surface area (Å²) in [7, 11) is 0. The fourth-order valence-corrected chi connectivity index (χ4v) is 3.35. The second-order valence-corrected chi connectivity index (χ2v) is 5.64. The van der Waals surface area contributed by atoms with Crippen LogP contribution < -0.4 is 4.90 Å². The highest BCUT2D eigenvalue weighted by Crippen LogP contribution is 2.35. The van der Waals surface area contributed by atoms with Crippen molar-refractivity contribution in [1.29, 1.82) is 0 Å². The van der Waals surface area contributed by atoms with Gasteiger partial charge in [0.05, 0.1) is 0 Å². The Kier molecular flexibility index (Phi) is 5.84. The molecule has 2 heterocycles. The molecular formula is C17H29N3. The summed E-state index contributed by atoms with van der Waals surface area (Å²) in [6.07, 6.45) is 7.14. The molecule has 1 fully saturated rings. The molecule has 2 rings (SSSR count). The molecule has 112 valence electrons. The van der Waals surface area contributed by atoms with Crippen LogP contribution in [0.25, 0.3) is 0 Å². The first-order valence-electron chi connectivity index (χ1n) is 8.25. The number of nitrogens with zero attached hydrogens (tertiary/aromatic N) is 3. The molecule has 0 bridgehead atoms. The topological polar surface area (TPSA) is 19.4 Å². The van der Waals surface area contributed by atoms with Crippen molar-refractivity contribution >= 4 is 5.82 Å². The number of likely N-dealkylation sites (tertiary alicyclic amines) is 1. The fraction of sp³-hybridized carbons (Fsp3) is 0.706. The third-order valence-corrected chi connectivity index (χ3v) is 4.36. The van der Waals surface area contributed by atoms with E-state index in [4.69, 9.17) is 0 Å². The van der Waals surface area contributed by atoms with Gasteiger partial charge in [-0.25, -0.2) is 4.98 Å². The normalized spacial score (nSPS) is 20.1. The van der Waals surface area contributed by atoms with E-state index < -0.39 is 0 Å². The SMILES string of the molecule is CCCN1CCCC[C@@H]1c1cccnc1N(CC)CC. The molecule has 0 radical (unpaired) electrons. The summed E-state index contributed by atoms with van der Waals surface area (Å²) in [6.45, 7) is 11.2. The average molecular weight is 275 g/mol. The summed E-state index contributed by atoms with van der Waals surface area (Å²) >= 11 is 0. The van der Waals surface area contributed by atoms with E-state index in [2.05, 4.69) is 47.7 Å². The van der Waals surface area contributed by atoms with Crippen molar-refractivity contribution in [3.63, 3.8) is 0 Å². The standard InChI is InChI=1S/C17H29N3/c1-4-13-20-14-8-7-11-16(20)15-10-9-12-18-17(15)19(5-2)6-3/h9-10,12,16H,4-8,11,13-14H2,1-3H3/t16-/m1/s1. The second-order valence-electron chi connectivity index (χ2n) is 5.64. The number of rotatable bonds is 6. The summed E-state index contributed by atoms with van der Waals surface area (Å²) in [5.74, 6) is 1.20. The minimum Gasteiger partial charge on any atom is -0.357 e. The molecular weight excluding hydrogens is 246 g/mol. The first kappa shape index (κ1) is 15.3. The van der Waals surface area contributed by atoms with Gasteiger partial charge in [-0.15, -0.1) is 0 Å². The number of pyridine rings is 1. The molecule has 0 amide bonds. The molecule has 3 heteroatoms. The first-order chi connectivity index (χ1) is 9.81. The Morgan fingerprint density at radius 3 is 2.75 bits per heavy atom. The molecule has 0 unspecified atom stereocenters. The second kappa shape index (κ2) is 7.63. The van der Waals surface area contributed by atoms with Gasteiger partial charge in [-0.2, -0.15) is 0 Å². The van der Waals surface area contributed by atoms with Gasteiger partial charge in [0.2, 0.25) is 0 Å². The molecule has 1 aliphatic rings. The average Bonchev–Trinajstić information content (AvgIpc) is 2.50. The zero-order chi connectivity index (χ0) is 14.4. The Bertz CT molecular complexity index is 399. The summed E-state index contributed by atoms with van der Waals surface area (Å²) in [4.78, 5) is 9.73. The molecule has 0 aromatic carbocycles. The number of anilines is 1. The fourth-order valence-electron chi connectivity index (χ4n) is 3.35. The van der Waals surface area contributed by atoms with Crippen LogP contribution >= 0.6 is 0 Å². The van der Waals surface area contributed by atoms with E-state index in [1.165, 1.54) is 50.2 Å². The van der Waals surface area contributed by atoms with Crippen LogP contribution in [0.1, 0.15) is 58.1 Å². The minimum absolute atomic E-state index is 0.563. The third kappa shape index (κ3) is 3.32. The van der Waals surface area contributed by atoms with Crippen LogP contribution in [-0.4, -0.2) is 36.1 Å².